The maximum absolute atomic E-state index is 11.4. The maximum atomic E-state index is 11.4. The number of aromatic nitrogens is 3. The number of carboxylic acids is 1. The van der Waals surface area contributed by atoms with Gasteiger partial charge in [0.1, 0.15) is 11.7 Å². The van der Waals surface area contributed by atoms with Gasteiger partial charge in [0.2, 0.25) is 5.95 Å². The minimum atomic E-state index is -1.01. The van der Waals surface area contributed by atoms with Crippen LogP contribution in [0.3, 0.4) is 0 Å². The number of thiophene rings is 1. The van der Waals surface area contributed by atoms with Gasteiger partial charge in [0.15, 0.2) is 5.82 Å². The van der Waals surface area contributed by atoms with Crippen LogP contribution in [-0.2, 0) is 4.79 Å². The van der Waals surface area contributed by atoms with E-state index >= 15 is 0 Å². The summed E-state index contributed by atoms with van der Waals surface area (Å²) in [5.74, 6) is -0.0149. The van der Waals surface area contributed by atoms with Crippen LogP contribution in [0.4, 0.5) is 5.95 Å². The van der Waals surface area contributed by atoms with Gasteiger partial charge in [-0.3, -0.25) is 0 Å². The number of aliphatic carboxylic acids is 1. The number of carboxylic acid groups (broad SMARTS) is 1. The molecule has 7 heteroatoms. The topological polar surface area (TPSA) is 80.0 Å². The van der Waals surface area contributed by atoms with Crippen molar-refractivity contribution in [3.63, 3.8) is 0 Å². The molecule has 2 aromatic heterocycles. The number of anilines is 1. The first-order chi connectivity index (χ1) is 11.2. The van der Waals surface area contributed by atoms with E-state index in [4.69, 9.17) is 0 Å². The molecule has 0 bridgehead atoms. The van der Waals surface area contributed by atoms with E-state index in [-0.39, 0.29) is 11.7 Å². The SMILES string of the molecule is O=C(O)C1=C[C@@H](c2cccs2)n2nc(-c3ccccc3)nc2N1. The molecule has 4 rings (SSSR count). The first-order valence-electron chi connectivity index (χ1n) is 7.00. The molecule has 0 saturated carbocycles. The third-order valence-electron chi connectivity index (χ3n) is 3.56. The van der Waals surface area contributed by atoms with Crippen molar-refractivity contribution in [1.82, 2.24) is 14.8 Å². The predicted octanol–water partition coefficient (Wildman–Crippen LogP) is 2.99. The number of nitrogens with zero attached hydrogens (tertiary/aromatic N) is 3. The molecule has 0 radical (unpaired) electrons. The Bertz CT molecular complexity index is 884. The Morgan fingerprint density at radius 1 is 1.22 bits per heavy atom. The first-order valence-corrected chi connectivity index (χ1v) is 7.88. The average molecular weight is 324 g/mol. The van der Waals surface area contributed by atoms with Crippen molar-refractivity contribution < 1.29 is 9.90 Å². The fraction of sp³-hybridized carbons (Fsp3) is 0.0625. The van der Waals surface area contributed by atoms with E-state index in [0.29, 0.717) is 11.8 Å². The second-order valence-corrected chi connectivity index (χ2v) is 6.02. The molecule has 114 valence electrons. The molecular formula is C16H12N4O2S. The van der Waals surface area contributed by atoms with E-state index in [1.54, 1.807) is 22.1 Å². The molecule has 3 aromatic rings. The largest absolute Gasteiger partial charge is 0.477 e. The number of nitrogens with one attached hydrogen (secondary N) is 1. The summed E-state index contributed by atoms with van der Waals surface area (Å²) in [6, 6.07) is 13.2. The lowest BCUT2D eigenvalue weighted by atomic mass is 10.2. The Balaban J connectivity index is 1.83. The third-order valence-corrected chi connectivity index (χ3v) is 4.51. The monoisotopic (exact) mass is 324 g/mol. The smallest absolute Gasteiger partial charge is 0.352 e. The van der Waals surface area contributed by atoms with Crippen molar-refractivity contribution in [1.29, 1.82) is 0 Å². The zero-order valence-corrected chi connectivity index (χ0v) is 12.7. The molecule has 1 atom stereocenters. The van der Waals surface area contributed by atoms with E-state index < -0.39 is 5.97 Å². The van der Waals surface area contributed by atoms with Crippen molar-refractivity contribution in [2.24, 2.45) is 0 Å². The molecule has 0 amide bonds. The van der Waals surface area contributed by atoms with Crippen molar-refractivity contribution in [3.05, 3.63) is 64.5 Å². The standard InChI is InChI=1S/C16H12N4O2S/c21-15(22)11-9-12(13-7-4-8-23-13)20-16(17-11)18-14(19-20)10-5-2-1-3-6-10/h1-9,12H,(H,21,22)(H,17,18,19)/t12-/m0/s1. The summed E-state index contributed by atoms with van der Waals surface area (Å²) in [7, 11) is 0. The van der Waals surface area contributed by atoms with Crippen LogP contribution in [0.1, 0.15) is 10.9 Å². The lowest BCUT2D eigenvalue weighted by molar-refractivity contribution is -0.132. The molecule has 1 aliphatic heterocycles. The summed E-state index contributed by atoms with van der Waals surface area (Å²) in [4.78, 5) is 16.8. The van der Waals surface area contributed by atoms with Crippen LogP contribution in [0.5, 0.6) is 0 Å². The Hall–Kier alpha value is -2.93. The zero-order valence-electron chi connectivity index (χ0n) is 11.9. The third kappa shape index (κ3) is 2.40. The van der Waals surface area contributed by atoms with Gasteiger partial charge >= 0.3 is 5.97 Å². The summed E-state index contributed by atoms with van der Waals surface area (Å²) < 4.78 is 1.72. The Labute approximate surface area is 135 Å². The van der Waals surface area contributed by atoms with Crippen molar-refractivity contribution >= 4 is 23.3 Å². The van der Waals surface area contributed by atoms with Gasteiger partial charge in [-0.15, -0.1) is 16.4 Å². The van der Waals surface area contributed by atoms with Gasteiger partial charge in [0.25, 0.3) is 0 Å². The van der Waals surface area contributed by atoms with Crippen LogP contribution in [0.2, 0.25) is 0 Å². The summed E-state index contributed by atoms with van der Waals surface area (Å²) in [5, 5.41) is 18.7. The number of benzene rings is 1. The number of hydrogen-bond donors (Lipinski definition) is 2. The molecular weight excluding hydrogens is 312 g/mol. The number of allylic oxidation sites excluding steroid dienone is 1. The van der Waals surface area contributed by atoms with Gasteiger partial charge in [-0.2, -0.15) is 4.98 Å². The van der Waals surface area contributed by atoms with Gasteiger partial charge in [0.05, 0.1) is 0 Å². The zero-order chi connectivity index (χ0) is 15.8. The molecule has 0 aliphatic carbocycles. The Morgan fingerprint density at radius 2 is 2.04 bits per heavy atom. The van der Waals surface area contributed by atoms with E-state index in [1.807, 2.05) is 47.8 Å². The van der Waals surface area contributed by atoms with Gasteiger partial charge < -0.3 is 10.4 Å². The van der Waals surface area contributed by atoms with Gasteiger partial charge in [0, 0.05) is 10.4 Å². The molecule has 0 fully saturated rings. The lowest BCUT2D eigenvalue weighted by Gasteiger charge is -2.20. The van der Waals surface area contributed by atoms with Crippen molar-refractivity contribution in [2.75, 3.05) is 5.32 Å². The van der Waals surface area contributed by atoms with Gasteiger partial charge in [-0.25, -0.2) is 9.48 Å². The highest BCUT2D eigenvalue weighted by molar-refractivity contribution is 7.10. The average Bonchev–Trinajstić information content (AvgIpc) is 3.24. The summed E-state index contributed by atoms with van der Waals surface area (Å²) in [6.07, 6.45) is 1.66. The molecule has 0 saturated heterocycles. The van der Waals surface area contributed by atoms with Crippen LogP contribution in [0, 0.1) is 0 Å². The molecule has 1 aromatic carbocycles. The fourth-order valence-corrected chi connectivity index (χ4v) is 3.27. The lowest BCUT2D eigenvalue weighted by Crippen LogP contribution is -2.23. The minimum absolute atomic E-state index is 0.114. The minimum Gasteiger partial charge on any atom is -0.477 e. The van der Waals surface area contributed by atoms with Crippen LogP contribution >= 0.6 is 11.3 Å². The van der Waals surface area contributed by atoms with Gasteiger partial charge in [-0.1, -0.05) is 36.4 Å². The molecule has 0 spiro atoms. The normalized spacial score (nSPS) is 16.3. The second-order valence-electron chi connectivity index (χ2n) is 5.04. The number of fused-ring (bicyclic) bond motifs is 1. The second kappa shape index (κ2) is 5.36. The number of rotatable bonds is 3. The molecule has 0 unspecified atom stereocenters. The molecule has 2 N–H and O–H groups in total. The van der Waals surface area contributed by atoms with Crippen LogP contribution in [-0.4, -0.2) is 25.8 Å². The summed E-state index contributed by atoms with van der Waals surface area (Å²) in [6.45, 7) is 0. The maximum Gasteiger partial charge on any atom is 0.352 e. The van der Waals surface area contributed by atoms with E-state index in [9.17, 15) is 9.90 Å². The van der Waals surface area contributed by atoms with Crippen LogP contribution < -0.4 is 5.32 Å². The summed E-state index contributed by atoms with van der Waals surface area (Å²) in [5.41, 5.74) is 1.00. The van der Waals surface area contributed by atoms with Crippen LogP contribution in [0.25, 0.3) is 11.4 Å². The highest BCUT2D eigenvalue weighted by atomic mass is 32.1. The quantitative estimate of drug-likeness (QED) is 0.774. The highest BCUT2D eigenvalue weighted by Gasteiger charge is 2.27. The van der Waals surface area contributed by atoms with E-state index in [2.05, 4.69) is 15.4 Å². The Morgan fingerprint density at radius 3 is 2.74 bits per heavy atom. The van der Waals surface area contributed by atoms with Gasteiger partial charge in [-0.05, 0) is 17.5 Å². The van der Waals surface area contributed by atoms with E-state index in [1.165, 1.54) is 0 Å². The molecule has 3 heterocycles. The summed E-state index contributed by atoms with van der Waals surface area (Å²) >= 11 is 1.56. The first kappa shape index (κ1) is 13.7. The predicted molar refractivity (Wildman–Crippen MR) is 87.3 cm³/mol. The van der Waals surface area contributed by atoms with Crippen LogP contribution in [0.15, 0.2) is 59.6 Å². The number of hydrogen-bond acceptors (Lipinski definition) is 5. The Kier molecular flexibility index (Phi) is 3.20. The van der Waals surface area contributed by atoms with E-state index in [0.717, 1.165) is 10.4 Å². The van der Waals surface area contributed by atoms with Crippen molar-refractivity contribution in [3.8, 4) is 11.4 Å². The molecule has 1 aliphatic rings. The highest BCUT2D eigenvalue weighted by Crippen LogP contribution is 2.32. The molecule has 6 nitrogen and oxygen atoms in total. The number of carbonyl (C=O) groups is 1. The van der Waals surface area contributed by atoms with Crippen molar-refractivity contribution in [2.45, 2.75) is 6.04 Å². The molecule has 23 heavy (non-hydrogen) atoms. The fourth-order valence-electron chi connectivity index (χ4n) is 2.49.